The lowest BCUT2D eigenvalue weighted by Gasteiger charge is -2.27. The van der Waals surface area contributed by atoms with E-state index >= 15 is 0 Å². The Morgan fingerprint density at radius 1 is 1.50 bits per heavy atom. The first-order valence-corrected chi connectivity index (χ1v) is 5.21. The molecule has 6 nitrogen and oxygen atoms in total. The first-order chi connectivity index (χ1) is 7.33. The molecule has 1 aliphatic rings. The van der Waals surface area contributed by atoms with Gasteiger partial charge >= 0.3 is 0 Å². The standard InChI is InChI=1S/C10H17N3O3/c1-10(2,9(11)16)13-8(15)6-3-4-7(14)12-5-6/h6H,3-5H2,1-2H3,(H2,11,16)(H,12,14)(H,13,15). The van der Waals surface area contributed by atoms with Crippen LogP contribution in [0.3, 0.4) is 0 Å². The first kappa shape index (κ1) is 12.5. The van der Waals surface area contributed by atoms with Crippen LogP contribution in [0.4, 0.5) is 0 Å². The monoisotopic (exact) mass is 227 g/mol. The van der Waals surface area contributed by atoms with E-state index < -0.39 is 11.4 Å². The number of rotatable bonds is 3. The molecule has 6 heteroatoms. The molecule has 1 atom stereocenters. The van der Waals surface area contributed by atoms with E-state index in [2.05, 4.69) is 10.6 Å². The SMILES string of the molecule is CC(C)(NC(=O)C1CCC(=O)NC1)C(N)=O. The van der Waals surface area contributed by atoms with Gasteiger partial charge in [0.05, 0.1) is 5.92 Å². The molecule has 1 heterocycles. The van der Waals surface area contributed by atoms with E-state index in [-0.39, 0.29) is 17.7 Å². The van der Waals surface area contributed by atoms with Crippen LogP contribution in [0, 0.1) is 5.92 Å². The maximum Gasteiger partial charge on any atom is 0.242 e. The third kappa shape index (κ3) is 2.95. The van der Waals surface area contributed by atoms with Crippen molar-refractivity contribution in [3.05, 3.63) is 0 Å². The summed E-state index contributed by atoms with van der Waals surface area (Å²) < 4.78 is 0. The van der Waals surface area contributed by atoms with Gasteiger partial charge in [0.2, 0.25) is 17.7 Å². The van der Waals surface area contributed by atoms with Crippen molar-refractivity contribution in [1.29, 1.82) is 0 Å². The Hall–Kier alpha value is -1.59. The topological polar surface area (TPSA) is 101 Å². The average Bonchev–Trinajstić information content (AvgIpc) is 2.17. The van der Waals surface area contributed by atoms with Gasteiger partial charge in [-0.05, 0) is 20.3 Å². The Balaban J connectivity index is 2.53. The third-order valence-corrected chi connectivity index (χ3v) is 2.69. The fourth-order valence-electron chi connectivity index (χ4n) is 1.43. The highest BCUT2D eigenvalue weighted by atomic mass is 16.2. The second kappa shape index (κ2) is 4.51. The Morgan fingerprint density at radius 2 is 2.12 bits per heavy atom. The number of nitrogens with one attached hydrogen (secondary N) is 2. The molecule has 0 aromatic carbocycles. The molecule has 1 rings (SSSR count). The normalized spacial score (nSPS) is 21.1. The molecule has 1 unspecified atom stereocenters. The van der Waals surface area contributed by atoms with Crippen molar-refractivity contribution >= 4 is 17.7 Å². The molecule has 90 valence electrons. The fourth-order valence-corrected chi connectivity index (χ4v) is 1.43. The number of carbonyl (C=O) groups is 3. The number of primary amides is 1. The zero-order chi connectivity index (χ0) is 12.3. The number of carbonyl (C=O) groups excluding carboxylic acids is 3. The Kier molecular flexibility index (Phi) is 3.51. The predicted octanol–water partition coefficient (Wildman–Crippen LogP) is -1.11. The van der Waals surface area contributed by atoms with Gasteiger partial charge in [-0.25, -0.2) is 0 Å². The molecule has 0 aliphatic carbocycles. The fraction of sp³-hybridized carbons (Fsp3) is 0.700. The van der Waals surface area contributed by atoms with Crippen molar-refractivity contribution in [2.24, 2.45) is 11.7 Å². The van der Waals surface area contributed by atoms with Crippen LogP contribution in [-0.2, 0) is 14.4 Å². The summed E-state index contributed by atoms with van der Waals surface area (Å²) in [5, 5.41) is 5.19. The maximum absolute atomic E-state index is 11.8. The van der Waals surface area contributed by atoms with E-state index in [1.54, 1.807) is 13.8 Å². The minimum atomic E-state index is -1.06. The second-order valence-electron chi connectivity index (χ2n) is 4.52. The number of nitrogens with two attached hydrogens (primary N) is 1. The Bertz CT molecular complexity index is 315. The van der Waals surface area contributed by atoms with Crippen LogP contribution in [0.5, 0.6) is 0 Å². The van der Waals surface area contributed by atoms with Crippen LogP contribution in [-0.4, -0.2) is 29.8 Å². The highest BCUT2D eigenvalue weighted by molar-refractivity contribution is 5.91. The van der Waals surface area contributed by atoms with Crippen LogP contribution < -0.4 is 16.4 Å². The molecule has 0 bridgehead atoms. The van der Waals surface area contributed by atoms with Crippen LogP contribution in [0.15, 0.2) is 0 Å². The van der Waals surface area contributed by atoms with Crippen molar-refractivity contribution in [3.63, 3.8) is 0 Å². The van der Waals surface area contributed by atoms with E-state index in [1.807, 2.05) is 0 Å². The van der Waals surface area contributed by atoms with Gasteiger partial charge in [0.15, 0.2) is 0 Å². The smallest absolute Gasteiger partial charge is 0.242 e. The number of hydrogen-bond acceptors (Lipinski definition) is 3. The zero-order valence-electron chi connectivity index (χ0n) is 9.50. The van der Waals surface area contributed by atoms with Gasteiger partial charge in [0.1, 0.15) is 5.54 Å². The zero-order valence-corrected chi connectivity index (χ0v) is 9.50. The molecular formula is C10H17N3O3. The minimum absolute atomic E-state index is 0.0433. The molecular weight excluding hydrogens is 210 g/mol. The molecule has 0 aromatic heterocycles. The number of piperidine rings is 1. The highest BCUT2D eigenvalue weighted by Gasteiger charge is 2.31. The third-order valence-electron chi connectivity index (χ3n) is 2.69. The summed E-state index contributed by atoms with van der Waals surface area (Å²) >= 11 is 0. The van der Waals surface area contributed by atoms with Gasteiger partial charge in [-0.3, -0.25) is 14.4 Å². The van der Waals surface area contributed by atoms with Crippen molar-refractivity contribution in [2.45, 2.75) is 32.2 Å². The summed E-state index contributed by atoms with van der Waals surface area (Å²) in [6.45, 7) is 3.42. The summed E-state index contributed by atoms with van der Waals surface area (Å²) in [4.78, 5) is 33.7. The minimum Gasteiger partial charge on any atom is -0.368 e. The van der Waals surface area contributed by atoms with E-state index in [0.717, 1.165) is 0 Å². The molecule has 0 aromatic rings. The molecule has 1 aliphatic heterocycles. The lowest BCUT2D eigenvalue weighted by Crippen LogP contribution is -2.56. The molecule has 3 amide bonds. The second-order valence-corrected chi connectivity index (χ2v) is 4.52. The van der Waals surface area contributed by atoms with Gasteiger partial charge in [-0.1, -0.05) is 0 Å². The van der Waals surface area contributed by atoms with Crippen molar-refractivity contribution < 1.29 is 14.4 Å². The van der Waals surface area contributed by atoms with E-state index in [0.29, 0.717) is 19.4 Å². The van der Waals surface area contributed by atoms with Gasteiger partial charge in [0, 0.05) is 13.0 Å². The largest absolute Gasteiger partial charge is 0.368 e. The summed E-state index contributed by atoms with van der Waals surface area (Å²) in [7, 11) is 0. The first-order valence-electron chi connectivity index (χ1n) is 5.21. The Morgan fingerprint density at radius 3 is 2.56 bits per heavy atom. The van der Waals surface area contributed by atoms with Gasteiger partial charge in [-0.15, -0.1) is 0 Å². The van der Waals surface area contributed by atoms with E-state index in [9.17, 15) is 14.4 Å². The number of amides is 3. The van der Waals surface area contributed by atoms with Crippen molar-refractivity contribution in [1.82, 2.24) is 10.6 Å². The van der Waals surface area contributed by atoms with Crippen LogP contribution >= 0.6 is 0 Å². The maximum atomic E-state index is 11.8. The van der Waals surface area contributed by atoms with E-state index in [4.69, 9.17) is 5.73 Å². The molecule has 0 spiro atoms. The molecule has 0 saturated carbocycles. The van der Waals surface area contributed by atoms with Gasteiger partial charge < -0.3 is 16.4 Å². The van der Waals surface area contributed by atoms with Gasteiger partial charge in [-0.2, -0.15) is 0 Å². The van der Waals surface area contributed by atoms with Crippen LogP contribution in [0.2, 0.25) is 0 Å². The molecule has 1 saturated heterocycles. The summed E-state index contributed by atoms with van der Waals surface area (Å²) in [5.41, 5.74) is 4.09. The lowest BCUT2D eigenvalue weighted by molar-refractivity contribution is -0.134. The van der Waals surface area contributed by atoms with Gasteiger partial charge in [0.25, 0.3) is 0 Å². The summed E-state index contributed by atoms with van der Waals surface area (Å²) in [6, 6.07) is 0. The highest BCUT2D eigenvalue weighted by Crippen LogP contribution is 2.12. The van der Waals surface area contributed by atoms with E-state index in [1.165, 1.54) is 0 Å². The van der Waals surface area contributed by atoms with Crippen molar-refractivity contribution in [3.8, 4) is 0 Å². The predicted molar refractivity (Wildman–Crippen MR) is 57.1 cm³/mol. The number of hydrogen-bond donors (Lipinski definition) is 3. The van der Waals surface area contributed by atoms with Crippen molar-refractivity contribution in [2.75, 3.05) is 6.54 Å². The Labute approximate surface area is 93.9 Å². The quantitative estimate of drug-likeness (QED) is 0.570. The molecule has 0 radical (unpaired) electrons. The molecule has 4 N–H and O–H groups in total. The van der Waals surface area contributed by atoms with Crippen LogP contribution in [0.25, 0.3) is 0 Å². The molecule has 1 fully saturated rings. The average molecular weight is 227 g/mol. The molecule has 16 heavy (non-hydrogen) atoms. The van der Waals surface area contributed by atoms with Crippen LogP contribution in [0.1, 0.15) is 26.7 Å². The summed E-state index contributed by atoms with van der Waals surface area (Å²) in [6.07, 6.45) is 0.849. The lowest BCUT2D eigenvalue weighted by atomic mass is 9.96. The summed E-state index contributed by atoms with van der Waals surface area (Å²) in [5.74, 6) is -1.15.